The summed E-state index contributed by atoms with van der Waals surface area (Å²) in [6.07, 6.45) is 16.9. The molecule has 1 N–H and O–H groups in total. The van der Waals surface area contributed by atoms with Crippen LogP contribution < -0.4 is 0 Å². The van der Waals surface area contributed by atoms with E-state index in [1.165, 1.54) is 64.2 Å². The van der Waals surface area contributed by atoms with Crippen LogP contribution in [0.2, 0.25) is 0 Å². The van der Waals surface area contributed by atoms with Gasteiger partial charge in [-0.2, -0.15) is 0 Å². The third-order valence-electron chi connectivity index (χ3n) is 3.60. The Bertz CT molecular complexity index is 310. The topological polar surface area (TPSA) is 63.6 Å². The lowest BCUT2D eigenvalue weighted by molar-refractivity contribution is -0.138. The van der Waals surface area contributed by atoms with Crippen molar-refractivity contribution in [2.24, 2.45) is 0 Å². The molecule has 0 radical (unpaired) electrons. The summed E-state index contributed by atoms with van der Waals surface area (Å²) in [6.45, 7) is 2.62. The summed E-state index contributed by atoms with van der Waals surface area (Å²) in [5.74, 6) is -1.72. The molecule has 0 aromatic heterocycles. The van der Waals surface area contributed by atoms with Gasteiger partial charge in [0.15, 0.2) is 0 Å². The average Bonchev–Trinajstić information content (AvgIpc) is 2.49. The Morgan fingerprint density at radius 2 is 1.23 bits per heavy atom. The van der Waals surface area contributed by atoms with Crippen LogP contribution in [0.15, 0.2) is 12.2 Å². The number of carboxylic acids is 1. The Morgan fingerprint density at radius 1 is 0.773 bits per heavy atom. The van der Waals surface area contributed by atoms with E-state index in [2.05, 4.69) is 6.92 Å². The Hall–Kier alpha value is -1.32. The molecule has 128 valence electrons. The van der Waals surface area contributed by atoms with Gasteiger partial charge in [0.25, 0.3) is 0 Å². The van der Waals surface area contributed by atoms with Crippen molar-refractivity contribution in [2.45, 2.75) is 84.0 Å². The van der Waals surface area contributed by atoms with Crippen molar-refractivity contribution in [3.8, 4) is 0 Å². The lowest BCUT2D eigenvalue weighted by atomic mass is 10.1. The van der Waals surface area contributed by atoms with Crippen LogP contribution in [0, 0.1) is 0 Å². The summed E-state index contributed by atoms with van der Waals surface area (Å²) < 4.78 is 4.90. The SMILES string of the molecule is CCCCCCCCCCCCCCOC(=O)/C=C\C(=O)O. The zero-order valence-electron chi connectivity index (χ0n) is 14.0. The van der Waals surface area contributed by atoms with Crippen molar-refractivity contribution in [1.29, 1.82) is 0 Å². The number of unbranched alkanes of at least 4 members (excludes halogenated alkanes) is 11. The second kappa shape index (κ2) is 16.1. The predicted molar refractivity (Wildman–Crippen MR) is 88.8 cm³/mol. The van der Waals surface area contributed by atoms with Gasteiger partial charge >= 0.3 is 11.9 Å². The van der Waals surface area contributed by atoms with Gasteiger partial charge in [-0.15, -0.1) is 0 Å². The molecule has 0 fully saturated rings. The minimum atomic E-state index is -1.14. The molecule has 0 aliphatic heterocycles. The van der Waals surface area contributed by atoms with E-state index in [-0.39, 0.29) is 0 Å². The molecule has 0 aromatic rings. The van der Waals surface area contributed by atoms with Gasteiger partial charge in [0.2, 0.25) is 0 Å². The smallest absolute Gasteiger partial charge is 0.331 e. The van der Waals surface area contributed by atoms with Crippen molar-refractivity contribution in [2.75, 3.05) is 6.61 Å². The first kappa shape index (κ1) is 20.7. The third-order valence-corrected chi connectivity index (χ3v) is 3.60. The van der Waals surface area contributed by atoms with Crippen LogP contribution in [-0.4, -0.2) is 23.7 Å². The van der Waals surface area contributed by atoms with E-state index >= 15 is 0 Å². The van der Waals surface area contributed by atoms with Crippen molar-refractivity contribution < 1.29 is 19.4 Å². The van der Waals surface area contributed by atoms with Gasteiger partial charge in [-0.1, -0.05) is 77.6 Å². The number of carbonyl (C=O) groups excluding carboxylic acids is 1. The molecule has 0 heterocycles. The molecule has 4 nitrogen and oxygen atoms in total. The lowest BCUT2D eigenvalue weighted by Gasteiger charge is -2.03. The van der Waals surface area contributed by atoms with Gasteiger partial charge in [-0.3, -0.25) is 0 Å². The Labute approximate surface area is 134 Å². The van der Waals surface area contributed by atoms with Crippen LogP contribution in [0.25, 0.3) is 0 Å². The fraction of sp³-hybridized carbons (Fsp3) is 0.778. The molecule has 4 heteroatoms. The standard InChI is InChI=1S/C18H32O4/c1-2-3-4-5-6-7-8-9-10-11-12-13-16-22-18(21)15-14-17(19)20/h14-15H,2-13,16H2,1H3,(H,19,20)/b15-14-. The van der Waals surface area contributed by atoms with Crippen LogP contribution in [0.3, 0.4) is 0 Å². The summed E-state index contributed by atoms with van der Waals surface area (Å²) in [7, 11) is 0. The molecule has 0 aliphatic rings. The summed E-state index contributed by atoms with van der Waals surface area (Å²) in [6, 6.07) is 0. The molecular formula is C18H32O4. The lowest BCUT2D eigenvalue weighted by Crippen LogP contribution is -2.03. The minimum Gasteiger partial charge on any atom is -0.478 e. The molecule has 0 atom stereocenters. The number of aliphatic carboxylic acids is 1. The molecule has 0 rings (SSSR count). The predicted octanol–water partition coefficient (Wildman–Crippen LogP) is 4.87. The first-order valence-corrected chi connectivity index (χ1v) is 8.74. The number of ether oxygens (including phenoxy) is 1. The monoisotopic (exact) mass is 312 g/mol. The molecular weight excluding hydrogens is 280 g/mol. The van der Waals surface area contributed by atoms with E-state index in [0.29, 0.717) is 6.61 Å². The molecule has 0 bridgehead atoms. The second-order valence-corrected chi connectivity index (χ2v) is 5.73. The minimum absolute atomic E-state index is 0.375. The zero-order valence-corrected chi connectivity index (χ0v) is 14.0. The van der Waals surface area contributed by atoms with Gasteiger partial charge < -0.3 is 9.84 Å². The van der Waals surface area contributed by atoms with Gasteiger partial charge in [0.05, 0.1) is 6.61 Å². The quantitative estimate of drug-likeness (QED) is 0.266. The first-order valence-electron chi connectivity index (χ1n) is 8.74. The van der Waals surface area contributed by atoms with E-state index in [0.717, 1.165) is 25.0 Å². The van der Waals surface area contributed by atoms with Gasteiger partial charge in [0.1, 0.15) is 0 Å². The fourth-order valence-corrected chi connectivity index (χ4v) is 2.30. The Kier molecular flexibility index (Phi) is 15.1. The van der Waals surface area contributed by atoms with E-state index in [1.807, 2.05) is 0 Å². The highest BCUT2D eigenvalue weighted by Crippen LogP contribution is 2.11. The Balaban J connectivity index is 3.17. The fourth-order valence-electron chi connectivity index (χ4n) is 2.30. The maximum Gasteiger partial charge on any atom is 0.331 e. The van der Waals surface area contributed by atoms with Crippen molar-refractivity contribution >= 4 is 11.9 Å². The van der Waals surface area contributed by atoms with E-state index in [1.54, 1.807) is 0 Å². The van der Waals surface area contributed by atoms with E-state index < -0.39 is 11.9 Å². The zero-order chi connectivity index (χ0) is 16.5. The highest BCUT2D eigenvalue weighted by atomic mass is 16.5. The number of hydrogen-bond acceptors (Lipinski definition) is 3. The van der Waals surface area contributed by atoms with E-state index in [4.69, 9.17) is 9.84 Å². The number of rotatable bonds is 15. The highest BCUT2D eigenvalue weighted by molar-refractivity contribution is 5.90. The summed E-state index contributed by atoms with van der Waals surface area (Å²) >= 11 is 0. The van der Waals surface area contributed by atoms with Gasteiger partial charge in [0, 0.05) is 12.2 Å². The average molecular weight is 312 g/mol. The number of hydrogen-bond donors (Lipinski definition) is 1. The maximum absolute atomic E-state index is 11.1. The second-order valence-electron chi connectivity index (χ2n) is 5.73. The molecule has 0 aromatic carbocycles. The van der Waals surface area contributed by atoms with E-state index in [9.17, 15) is 9.59 Å². The molecule has 0 spiro atoms. The molecule has 0 saturated heterocycles. The van der Waals surface area contributed by atoms with Crippen molar-refractivity contribution in [1.82, 2.24) is 0 Å². The summed E-state index contributed by atoms with van der Waals surface area (Å²) in [5, 5.41) is 8.35. The number of carbonyl (C=O) groups is 2. The molecule has 0 saturated carbocycles. The largest absolute Gasteiger partial charge is 0.478 e. The van der Waals surface area contributed by atoms with Gasteiger partial charge in [-0.25, -0.2) is 9.59 Å². The summed E-state index contributed by atoms with van der Waals surface area (Å²) in [5.41, 5.74) is 0. The van der Waals surface area contributed by atoms with Gasteiger partial charge in [-0.05, 0) is 6.42 Å². The summed E-state index contributed by atoms with van der Waals surface area (Å²) in [4.78, 5) is 21.3. The maximum atomic E-state index is 11.1. The van der Waals surface area contributed by atoms with Crippen molar-refractivity contribution in [3.05, 3.63) is 12.2 Å². The number of carboxylic acid groups (broad SMARTS) is 1. The van der Waals surface area contributed by atoms with Crippen LogP contribution in [0.1, 0.15) is 84.0 Å². The normalized spacial score (nSPS) is 11.0. The van der Waals surface area contributed by atoms with Crippen LogP contribution >= 0.6 is 0 Å². The molecule has 0 amide bonds. The van der Waals surface area contributed by atoms with Crippen molar-refractivity contribution in [3.63, 3.8) is 0 Å². The van der Waals surface area contributed by atoms with Crippen LogP contribution in [0.5, 0.6) is 0 Å². The Morgan fingerprint density at radius 3 is 1.68 bits per heavy atom. The molecule has 22 heavy (non-hydrogen) atoms. The highest BCUT2D eigenvalue weighted by Gasteiger charge is 1.98. The van der Waals surface area contributed by atoms with Crippen LogP contribution in [0.4, 0.5) is 0 Å². The molecule has 0 unspecified atom stereocenters. The number of esters is 1. The molecule has 0 aliphatic carbocycles. The third kappa shape index (κ3) is 16.7. The first-order chi connectivity index (χ1) is 10.7. The van der Waals surface area contributed by atoms with Crippen LogP contribution in [-0.2, 0) is 14.3 Å².